The summed E-state index contributed by atoms with van der Waals surface area (Å²) in [5.41, 5.74) is -1.50. The Kier molecular flexibility index (Phi) is 3.32. The van der Waals surface area contributed by atoms with Gasteiger partial charge in [0.05, 0.1) is 5.60 Å². The summed E-state index contributed by atoms with van der Waals surface area (Å²) in [6.45, 7) is 5.52. The zero-order valence-corrected chi connectivity index (χ0v) is 12.4. The first-order valence-electron chi connectivity index (χ1n) is 6.88. The van der Waals surface area contributed by atoms with Gasteiger partial charge in [0.2, 0.25) is 10.0 Å². The molecule has 2 aliphatic rings. The second-order valence-electron chi connectivity index (χ2n) is 6.94. The fraction of sp³-hybridized carbons (Fsp3) is 1.00. The van der Waals surface area contributed by atoms with Gasteiger partial charge in [-0.25, -0.2) is 13.1 Å². The maximum atomic E-state index is 12.6. The largest absolute Gasteiger partial charge is 0.388 e. The van der Waals surface area contributed by atoms with Crippen molar-refractivity contribution in [2.45, 2.75) is 81.6 Å². The van der Waals surface area contributed by atoms with Crippen LogP contribution in [0.15, 0.2) is 0 Å². The Labute approximate surface area is 110 Å². The molecule has 2 aliphatic carbocycles. The standard InChI is InChI=1S/C13H25NO3S/c1-11(2,3)14-18(16,17)13(9-10-13)12(15)7-5-4-6-8-12/h14-15H,4-10H2,1-3H3. The van der Waals surface area contributed by atoms with Crippen molar-refractivity contribution in [1.29, 1.82) is 0 Å². The lowest BCUT2D eigenvalue weighted by atomic mass is 9.81. The zero-order valence-electron chi connectivity index (χ0n) is 11.6. The van der Waals surface area contributed by atoms with E-state index in [9.17, 15) is 13.5 Å². The maximum absolute atomic E-state index is 12.6. The smallest absolute Gasteiger partial charge is 0.220 e. The monoisotopic (exact) mass is 275 g/mol. The van der Waals surface area contributed by atoms with Crippen LogP contribution in [0, 0.1) is 0 Å². The minimum atomic E-state index is -3.46. The molecule has 2 rings (SSSR count). The highest BCUT2D eigenvalue weighted by Gasteiger charge is 2.67. The Morgan fingerprint density at radius 3 is 1.89 bits per heavy atom. The van der Waals surface area contributed by atoms with Gasteiger partial charge >= 0.3 is 0 Å². The van der Waals surface area contributed by atoms with E-state index in [0.29, 0.717) is 25.7 Å². The third kappa shape index (κ3) is 2.32. The Morgan fingerprint density at radius 2 is 1.50 bits per heavy atom. The van der Waals surface area contributed by atoms with E-state index in [1.807, 2.05) is 20.8 Å². The van der Waals surface area contributed by atoms with Crippen LogP contribution < -0.4 is 4.72 Å². The van der Waals surface area contributed by atoms with E-state index in [2.05, 4.69) is 4.72 Å². The molecule has 5 heteroatoms. The summed E-state index contributed by atoms with van der Waals surface area (Å²) in [7, 11) is -3.46. The highest BCUT2D eigenvalue weighted by atomic mass is 32.2. The molecule has 106 valence electrons. The topological polar surface area (TPSA) is 66.4 Å². The van der Waals surface area contributed by atoms with Crippen molar-refractivity contribution < 1.29 is 13.5 Å². The van der Waals surface area contributed by atoms with Gasteiger partial charge in [-0.2, -0.15) is 0 Å². The third-order valence-corrected chi connectivity index (χ3v) is 6.89. The van der Waals surface area contributed by atoms with Gasteiger partial charge in [0.25, 0.3) is 0 Å². The molecule has 0 aromatic carbocycles. The first kappa shape index (κ1) is 14.3. The van der Waals surface area contributed by atoms with Gasteiger partial charge in [-0.1, -0.05) is 19.3 Å². The Balaban J connectivity index is 2.26. The van der Waals surface area contributed by atoms with Gasteiger partial charge < -0.3 is 5.11 Å². The lowest BCUT2D eigenvalue weighted by Gasteiger charge is -2.40. The van der Waals surface area contributed by atoms with Crippen LogP contribution in [0.4, 0.5) is 0 Å². The molecular formula is C13H25NO3S. The summed E-state index contributed by atoms with van der Waals surface area (Å²) in [6, 6.07) is 0. The molecule has 2 saturated carbocycles. The lowest BCUT2D eigenvalue weighted by molar-refractivity contribution is -0.00786. The SMILES string of the molecule is CC(C)(C)NS(=O)(=O)C1(C2(O)CCCCC2)CC1. The first-order valence-corrected chi connectivity index (χ1v) is 8.36. The van der Waals surface area contributed by atoms with Crippen LogP contribution in [0.1, 0.15) is 65.7 Å². The van der Waals surface area contributed by atoms with E-state index in [0.717, 1.165) is 19.3 Å². The van der Waals surface area contributed by atoms with E-state index in [4.69, 9.17) is 0 Å². The molecule has 4 nitrogen and oxygen atoms in total. The van der Waals surface area contributed by atoms with Crippen molar-refractivity contribution in [3.05, 3.63) is 0 Å². The molecular weight excluding hydrogens is 250 g/mol. The summed E-state index contributed by atoms with van der Waals surface area (Å²) in [6.07, 6.45) is 5.40. The van der Waals surface area contributed by atoms with Crippen LogP contribution in [0.2, 0.25) is 0 Å². The predicted octanol–water partition coefficient (Wildman–Crippen LogP) is 1.93. The highest BCUT2D eigenvalue weighted by molar-refractivity contribution is 7.91. The van der Waals surface area contributed by atoms with Gasteiger partial charge in [0.1, 0.15) is 4.75 Å². The van der Waals surface area contributed by atoms with Crippen LogP contribution in [-0.2, 0) is 10.0 Å². The summed E-state index contributed by atoms with van der Waals surface area (Å²) >= 11 is 0. The van der Waals surface area contributed by atoms with E-state index in [1.54, 1.807) is 0 Å². The number of rotatable bonds is 3. The molecule has 0 amide bonds. The van der Waals surface area contributed by atoms with Crippen LogP contribution >= 0.6 is 0 Å². The van der Waals surface area contributed by atoms with Crippen molar-refractivity contribution in [3.63, 3.8) is 0 Å². The number of nitrogens with one attached hydrogen (secondary N) is 1. The van der Waals surface area contributed by atoms with Crippen molar-refractivity contribution in [2.75, 3.05) is 0 Å². The molecule has 0 aromatic heterocycles. The normalized spacial score (nSPS) is 26.9. The molecule has 0 spiro atoms. The molecule has 18 heavy (non-hydrogen) atoms. The molecule has 0 bridgehead atoms. The average Bonchev–Trinajstić information content (AvgIpc) is 2.95. The zero-order chi connectivity index (χ0) is 13.7. The van der Waals surface area contributed by atoms with E-state index in [-0.39, 0.29) is 0 Å². The summed E-state index contributed by atoms with van der Waals surface area (Å²) in [5, 5.41) is 10.8. The summed E-state index contributed by atoms with van der Waals surface area (Å²) < 4.78 is 26.9. The quantitative estimate of drug-likeness (QED) is 0.827. The molecule has 0 aromatic rings. The van der Waals surface area contributed by atoms with Crippen molar-refractivity contribution >= 4 is 10.0 Å². The van der Waals surface area contributed by atoms with E-state index in [1.165, 1.54) is 0 Å². The number of hydrogen-bond acceptors (Lipinski definition) is 3. The number of aliphatic hydroxyl groups is 1. The molecule has 0 heterocycles. The van der Waals surface area contributed by atoms with Crippen LogP contribution in [0.5, 0.6) is 0 Å². The molecule has 0 atom stereocenters. The molecule has 0 unspecified atom stereocenters. The Hall–Kier alpha value is -0.130. The second-order valence-corrected chi connectivity index (χ2v) is 8.93. The van der Waals surface area contributed by atoms with Gasteiger partial charge in [-0.15, -0.1) is 0 Å². The van der Waals surface area contributed by atoms with Crippen LogP contribution in [0.3, 0.4) is 0 Å². The molecule has 0 aliphatic heterocycles. The van der Waals surface area contributed by atoms with Gasteiger partial charge in [-0.05, 0) is 46.5 Å². The first-order chi connectivity index (χ1) is 8.12. The average molecular weight is 275 g/mol. The summed E-state index contributed by atoms with van der Waals surface area (Å²) in [4.78, 5) is 0. The number of hydrogen-bond donors (Lipinski definition) is 2. The third-order valence-electron chi connectivity index (χ3n) is 4.19. The minimum Gasteiger partial charge on any atom is -0.388 e. The predicted molar refractivity (Wildman–Crippen MR) is 71.8 cm³/mol. The maximum Gasteiger partial charge on any atom is 0.220 e. The molecule has 2 fully saturated rings. The Morgan fingerprint density at radius 1 is 1.00 bits per heavy atom. The van der Waals surface area contributed by atoms with Gasteiger partial charge in [0, 0.05) is 5.54 Å². The fourth-order valence-corrected chi connectivity index (χ4v) is 5.54. The fourth-order valence-electron chi connectivity index (χ4n) is 3.19. The van der Waals surface area contributed by atoms with E-state index >= 15 is 0 Å². The van der Waals surface area contributed by atoms with Gasteiger partial charge in [-0.3, -0.25) is 0 Å². The highest BCUT2D eigenvalue weighted by Crippen LogP contribution is 2.56. The van der Waals surface area contributed by atoms with Crippen molar-refractivity contribution in [1.82, 2.24) is 4.72 Å². The molecule has 0 saturated heterocycles. The second kappa shape index (κ2) is 4.18. The molecule has 2 N–H and O–H groups in total. The Bertz CT molecular complexity index is 412. The van der Waals surface area contributed by atoms with Crippen LogP contribution in [-0.4, -0.2) is 29.4 Å². The molecule has 0 radical (unpaired) electrons. The van der Waals surface area contributed by atoms with Gasteiger partial charge in [0.15, 0.2) is 0 Å². The van der Waals surface area contributed by atoms with E-state index < -0.39 is 25.9 Å². The van der Waals surface area contributed by atoms with Crippen LogP contribution in [0.25, 0.3) is 0 Å². The van der Waals surface area contributed by atoms with Crippen molar-refractivity contribution in [2.24, 2.45) is 0 Å². The minimum absolute atomic E-state index is 0.487. The summed E-state index contributed by atoms with van der Waals surface area (Å²) in [5.74, 6) is 0. The number of sulfonamides is 1. The van der Waals surface area contributed by atoms with Crippen molar-refractivity contribution in [3.8, 4) is 0 Å². The lowest BCUT2D eigenvalue weighted by Crippen LogP contribution is -2.57.